The number of rotatable bonds is 5. The molecule has 1 aromatic heterocycles. The van der Waals surface area contributed by atoms with E-state index in [1.807, 2.05) is 35.9 Å². The summed E-state index contributed by atoms with van der Waals surface area (Å²) in [6, 6.07) is 7.68. The van der Waals surface area contributed by atoms with Gasteiger partial charge in [-0.3, -0.25) is 4.79 Å². The van der Waals surface area contributed by atoms with Gasteiger partial charge in [-0.15, -0.1) is 10.2 Å². The van der Waals surface area contributed by atoms with Gasteiger partial charge in [0.05, 0.1) is 5.41 Å². The van der Waals surface area contributed by atoms with E-state index in [9.17, 15) is 4.79 Å². The number of carbonyl (C=O) groups is 1. The maximum Gasteiger partial charge on any atom is 0.232 e. The van der Waals surface area contributed by atoms with Crippen molar-refractivity contribution in [1.82, 2.24) is 14.8 Å². The highest BCUT2D eigenvalue weighted by Gasteiger charge is 2.38. The van der Waals surface area contributed by atoms with Crippen LogP contribution in [0.4, 0.5) is 5.69 Å². The van der Waals surface area contributed by atoms with Crippen molar-refractivity contribution < 1.29 is 9.53 Å². The highest BCUT2D eigenvalue weighted by Crippen LogP contribution is 2.31. The van der Waals surface area contributed by atoms with Crippen LogP contribution in [-0.2, 0) is 16.6 Å². The monoisotopic (exact) mass is 347 g/mol. The standard InChI is InChI=1S/C16H21N5O2S/c1-21-11-18-20-15(21)24-13-4-2-12(3-5-13)19-14(22)16(10-17)6-8-23-9-7-16/h2-5,11H,6-10,17H2,1H3,(H,19,22). The van der Waals surface area contributed by atoms with E-state index < -0.39 is 5.41 Å². The molecule has 8 heteroatoms. The lowest BCUT2D eigenvalue weighted by molar-refractivity contribution is -0.130. The molecule has 3 rings (SSSR count). The van der Waals surface area contributed by atoms with Crippen LogP contribution in [0.5, 0.6) is 0 Å². The van der Waals surface area contributed by atoms with Crippen LogP contribution < -0.4 is 11.1 Å². The van der Waals surface area contributed by atoms with E-state index >= 15 is 0 Å². The Morgan fingerprint density at radius 2 is 2.08 bits per heavy atom. The second kappa shape index (κ2) is 7.33. The molecule has 2 heterocycles. The van der Waals surface area contributed by atoms with Gasteiger partial charge in [0.25, 0.3) is 0 Å². The molecule has 7 nitrogen and oxygen atoms in total. The summed E-state index contributed by atoms with van der Waals surface area (Å²) < 4.78 is 7.21. The molecule has 24 heavy (non-hydrogen) atoms. The van der Waals surface area contributed by atoms with Gasteiger partial charge >= 0.3 is 0 Å². The first-order valence-electron chi connectivity index (χ1n) is 7.84. The normalized spacial score (nSPS) is 16.8. The number of carbonyl (C=O) groups excluding carboxylic acids is 1. The van der Waals surface area contributed by atoms with Crippen LogP contribution in [0.3, 0.4) is 0 Å². The summed E-state index contributed by atoms with van der Waals surface area (Å²) in [6.07, 6.45) is 2.99. The van der Waals surface area contributed by atoms with E-state index in [1.165, 1.54) is 11.8 Å². The average molecular weight is 347 g/mol. The van der Waals surface area contributed by atoms with E-state index in [4.69, 9.17) is 10.5 Å². The Kier molecular flexibility index (Phi) is 5.17. The van der Waals surface area contributed by atoms with Crippen molar-refractivity contribution in [3.63, 3.8) is 0 Å². The van der Waals surface area contributed by atoms with Crippen LogP contribution in [0.25, 0.3) is 0 Å². The van der Waals surface area contributed by atoms with Crippen LogP contribution in [0.1, 0.15) is 12.8 Å². The number of anilines is 1. The first kappa shape index (κ1) is 16.9. The molecule has 1 fully saturated rings. The maximum atomic E-state index is 12.6. The fraction of sp³-hybridized carbons (Fsp3) is 0.438. The summed E-state index contributed by atoms with van der Waals surface area (Å²) in [6.45, 7) is 1.50. The SMILES string of the molecule is Cn1cnnc1Sc1ccc(NC(=O)C2(CN)CCOCC2)cc1. The summed E-state index contributed by atoms with van der Waals surface area (Å²) >= 11 is 1.52. The van der Waals surface area contributed by atoms with Gasteiger partial charge in [-0.1, -0.05) is 0 Å². The molecule has 1 saturated heterocycles. The third kappa shape index (κ3) is 3.61. The fourth-order valence-electron chi connectivity index (χ4n) is 2.63. The number of benzene rings is 1. The van der Waals surface area contributed by atoms with E-state index in [0.717, 1.165) is 15.7 Å². The van der Waals surface area contributed by atoms with Gasteiger partial charge in [-0.2, -0.15) is 0 Å². The average Bonchev–Trinajstić information content (AvgIpc) is 3.02. The zero-order valence-electron chi connectivity index (χ0n) is 13.6. The smallest absolute Gasteiger partial charge is 0.232 e. The van der Waals surface area contributed by atoms with E-state index in [1.54, 1.807) is 6.33 Å². The van der Waals surface area contributed by atoms with Gasteiger partial charge < -0.3 is 20.4 Å². The Labute approximate surface area is 145 Å². The van der Waals surface area contributed by atoms with Gasteiger partial charge in [0.2, 0.25) is 5.91 Å². The largest absolute Gasteiger partial charge is 0.381 e. The van der Waals surface area contributed by atoms with Crippen molar-refractivity contribution in [2.75, 3.05) is 25.1 Å². The number of amides is 1. The first-order chi connectivity index (χ1) is 11.6. The molecule has 1 aliphatic heterocycles. The van der Waals surface area contributed by atoms with Crippen molar-refractivity contribution in [3.8, 4) is 0 Å². The fourth-order valence-corrected chi connectivity index (χ4v) is 3.39. The first-order valence-corrected chi connectivity index (χ1v) is 8.66. The lowest BCUT2D eigenvalue weighted by Crippen LogP contribution is -2.46. The Balaban J connectivity index is 1.65. The second-order valence-electron chi connectivity index (χ2n) is 5.90. The van der Waals surface area contributed by atoms with Crippen LogP contribution in [0.2, 0.25) is 0 Å². The summed E-state index contributed by atoms with van der Waals surface area (Å²) in [5.41, 5.74) is 6.11. The van der Waals surface area contributed by atoms with Crippen LogP contribution in [-0.4, -0.2) is 40.4 Å². The second-order valence-corrected chi connectivity index (χ2v) is 6.94. The Hall–Kier alpha value is -1.90. The van der Waals surface area contributed by atoms with Crippen molar-refractivity contribution >= 4 is 23.4 Å². The quantitative estimate of drug-likeness (QED) is 0.854. The Bertz CT molecular complexity index is 695. The third-order valence-corrected chi connectivity index (χ3v) is 5.37. The molecule has 0 radical (unpaired) electrons. The van der Waals surface area contributed by atoms with Gasteiger partial charge in [0.1, 0.15) is 6.33 Å². The summed E-state index contributed by atoms with van der Waals surface area (Å²) in [5, 5.41) is 11.7. The minimum atomic E-state index is -0.524. The number of ether oxygens (including phenoxy) is 1. The molecule has 2 aromatic rings. The number of nitrogens with one attached hydrogen (secondary N) is 1. The molecule has 0 atom stereocenters. The lowest BCUT2D eigenvalue weighted by atomic mass is 9.79. The molecule has 0 bridgehead atoms. The minimum absolute atomic E-state index is 0.0259. The molecule has 128 valence electrons. The van der Waals surface area contributed by atoms with Crippen LogP contribution in [0.15, 0.2) is 40.6 Å². The number of aryl methyl sites for hydroxylation is 1. The highest BCUT2D eigenvalue weighted by molar-refractivity contribution is 7.99. The predicted octanol–water partition coefficient (Wildman–Crippen LogP) is 1.66. The van der Waals surface area contributed by atoms with Gasteiger partial charge in [-0.05, 0) is 48.9 Å². The molecule has 1 aromatic carbocycles. The molecule has 0 aliphatic carbocycles. The van der Waals surface area contributed by atoms with Crippen molar-refractivity contribution in [2.45, 2.75) is 22.9 Å². The van der Waals surface area contributed by atoms with Crippen molar-refractivity contribution in [1.29, 1.82) is 0 Å². The Morgan fingerprint density at radius 1 is 1.38 bits per heavy atom. The predicted molar refractivity (Wildman–Crippen MR) is 91.7 cm³/mol. The van der Waals surface area contributed by atoms with Crippen LogP contribution in [0, 0.1) is 5.41 Å². The summed E-state index contributed by atoms with van der Waals surface area (Å²) in [7, 11) is 1.90. The molecule has 0 spiro atoms. The Morgan fingerprint density at radius 3 is 2.67 bits per heavy atom. The zero-order chi connectivity index (χ0) is 17.0. The zero-order valence-corrected chi connectivity index (χ0v) is 14.4. The number of aromatic nitrogens is 3. The van der Waals surface area contributed by atoms with E-state index in [-0.39, 0.29) is 5.91 Å². The van der Waals surface area contributed by atoms with E-state index in [2.05, 4.69) is 15.5 Å². The molecule has 1 aliphatic rings. The third-order valence-electron chi connectivity index (χ3n) is 4.31. The number of hydrogen-bond donors (Lipinski definition) is 2. The topological polar surface area (TPSA) is 95.1 Å². The summed E-state index contributed by atoms with van der Waals surface area (Å²) in [4.78, 5) is 13.7. The van der Waals surface area contributed by atoms with Gasteiger partial charge in [0, 0.05) is 37.4 Å². The number of hydrogen-bond acceptors (Lipinski definition) is 6. The molecule has 3 N–H and O–H groups in total. The molecule has 0 unspecified atom stereocenters. The molecule has 1 amide bonds. The molecule has 0 saturated carbocycles. The van der Waals surface area contributed by atoms with Gasteiger partial charge in [-0.25, -0.2) is 0 Å². The summed E-state index contributed by atoms with van der Waals surface area (Å²) in [5.74, 6) is -0.0259. The maximum absolute atomic E-state index is 12.6. The van der Waals surface area contributed by atoms with Crippen LogP contribution >= 0.6 is 11.8 Å². The van der Waals surface area contributed by atoms with Crippen molar-refractivity contribution in [2.24, 2.45) is 18.2 Å². The number of nitrogens with zero attached hydrogens (tertiary/aromatic N) is 3. The molecular weight excluding hydrogens is 326 g/mol. The van der Waals surface area contributed by atoms with Crippen molar-refractivity contribution in [3.05, 3.63) is 30.6 Å². The number of nitrogens with two attached hydrogens (primary N) is 1. The minimum Gasteiger partial charge on any atom is -0.381 e. The highest BCUT2D eigenvalue weighted by atomic mass is 32.2. The molecular formula is C16H21N5O2S. The van der Waals surface area contributed by atoms with E-state index in [0.29, 0.717) is 32.6 Å². The van der Waals surface area contributed by atoms with Gasteiger partial charge in [0.15, 0.2) is 5.16 Å². The lowest BCUT2D eigenvalue weighted by Gasteiger charge is -2.34.